The fourth-order valence-electron chi connectivity index (χ4n) is 4.45. The Kier molecular flexibility index (Phi) is 9.02. The third-order valence-electron chi connectivity index (χ3n) is 6.42. The van der Waals surface area contributed by atoms with Crippen molar-refractivity contribution in [1.82, 2.24) is 4.31 Å². The van der Waals surface area contributed by atoms with E-state index in [2.05, 4.69) is 6.92 Å². The molecule has 1 N–H and O–H groups in total. The quantitative estimate of drug-likeness (QED) is 0.426. The van der Waals surface area contributed by atoms with Gasteiger partial charge in [-0.2, -0.15) is 16.1 Å². The van der Waals surface area contributed by atoms with Crippen molar-refractivity contribution < 1.29 is 18.3 Å². The van der Waals surface area contributed by atoms with Crippen LogP contribution >= 0.6 is 11.8 Å². The minimum Gasteiger partial charge on any atom is -0.481 e. The molecule has 3 rings (SSSR count). The van der Waals surface area contributed by atoms with Crippen molar-refractivity contribution in [1.29, 1.82) is 0 Å². The van der Waals surface area contributed by atoms with Crippen LogP contribution in [0.1, 0.15) is 61.8 Å². The molecule has 3 atom stereocenters. The van der Waals surface area contributed by atoms with Gasteiger partial charge in [-0.25, -0.2) is 8.42 Å². The van der Waals surface area contributed by atoms with E-state index >= 15 is 0 Å². The Morgan fingerprint density at radius 1 is 1.06 bits per heavy atom. The van der Waals surface area contributed by atoms with Gasteiger partial charge in [0.25, 0.3) is 0 Å². The maximum atomic E-state index is 13.8. The van der Waals surface area contributed by atoms with Crippen molar-refractivity contribution in [3.05, 3.63) is 65.2 Å². The predicted molar refractivity (Wildman–Crippen MR) is 135 cm³/mol. The summed E-state index contributed by atoms with van der Waals surface area (Å²) in [6.45, 7) is 5.94. The maximum Gasteiger partial charge on any atom is 0.308 e. The molecule has 0 aromatic heterocycles. The minimum absolute atomic E-state index is 0.0167. The molecule has 33 heavy (non-hydrogen) atoms. The second-order valence-electron chi connectivity index (χ2n) is 8.92. The van der Waals surface area contributed by atoms with Gasteiger partial charge in [0, 0.05) is 11.8 Å². The van der Waals surface area contributed by atoms with Crippen LogP contribution in [0.25, 0.3) is 0 Å². The SMILES string of the molecule is CCCCCCS[C@@H]1C[C@@H](c2ccc(C)cc2)N(S(=O)(=O)c2ccccc2C)C[C@H]1C(=O)O. The standard InChI is InChI=1S/C26H35NO4S2/c1-4-5-6-9-16-32-24-17-23(21-14-12-19(2)13-15-21)27(18-22(24)26(28)29)33(30,31)25-11-8-7-10-20(25)3/h7-8,10-15,22-24H,4-6,9,16-18H2,1-3H3,(H,28,29)/t22-,23+,24-/m1/s1. The van der Waals surface area contributed by atoms with E-state index < -0.39 is 21.9 Å². The van der Waals surface area contributed by atoms with Crippen molar-refractivity contribution in [2.24, 2.45) is 5.92 Å². The molecule has 0 aliphatic carbocycles. The number of benzene rings is 2. The number of rotatable bonds is 10. The number of carbonyl (C=O) groups is 1. The Labute approximate surface area is 202 Å². The smallest absolute Gasteiger partial charge is 0.308 e. The van der Waals surface area contributed by atoms with Gasteiger partial charge in [-0.15, -0.1) is 0 Å². The van der Waals surface area contributed by atoms with Gasteiger partial charge in [0.05, 0.1) is 16.9 Å². The van der Waals surface area contributed by atoms with Gasteiger partial charge in [0.1, 0.15) is 0 Å². The number of carboxylic acids is 1. The molecule has 1 heterocycles. The zero-order valence-corrected chi connectivity index (χ0v) is 21.4. The second kappa shape index (κ2) is 11.5. The molecule has 1 aliphatic heterocycles. The molecule has 0 unspecified atom stereocenters. The monoisotopic (exact) mass is 489 g/mol. The molecular weight excluding hydrogens is 454 g/mol. The minimum atomic E-state index is -3.86. The summed E-state index contributed by atoms with van der Waals surface area (Å²) < 4.78 is 29.0. The molecule has 1 fully saturated rings. The fourth-order valence-corrected chi connectivity index (χ4v) is 7.76. The highest BCUT2D eigenvalue weighted by Gasteiger charge is 2.45. The van der Waals surface area contributed by atoms with Crippen molar-refractivity contribution in [3.8, 4) is 0 Å². The van der Waals surface area contributed by atoms with Crippen LogP contribution in [0.3, 0.4) is 0 Å². The zero-order chi connectivity index (χ0) is 24.0. The highest BCUT2D eigenvalue weighted by molar-refractivity contribution is 7.99. The highest BCUT2D eigenvalue weighted by atomic mass is 32.2. The Morgan fingerprint density at radius 2 is 1.76 bits per heavy atom. The average Bonchev–Trinajstić information content (AvgIpc) is 2.79. The molecule has 1 aliphatic rings. The van der Waals surface area contributed by atoms with Gasteiger partial charge >= 0.3 is 5.97 Å². The molecule has 0 amide bonds. The molecule has 2 aromatic rings. The Balaban J connectivity index is 1.95. The van der Waals surface area contributed by atoms with Gasteiger partial charge in [0.15, 0.2) is 0 Å². The number of unbranched alkanes of at least 4 members (excludes halogenated alkanes) is 3. The number of carboxylic acid groups (broad SMARTS) is 1. The van der Waals surface area contributed by atoms with Crippen LogP contribution in [0.15, 0.2) is 53.4 Å². The third-order valence-corrected chi connectivity index (χ3v) is 9.93. The van der Waals surface area contributed by atoms with E-state index in [1.54, 1.807) is 36.9 Å². The molecule has 1 saturated heterocycles. The number of aliphatic carboxylic acids is 1. The second-order valence-corrected chi connectivity index (χ2v) is 12.1. The predicted octanol–water partition coefficient (Wildman–Crippen LogP) is 5.82. The molecule has 0 saturated carbocycles. The summed E-state index contributed by atoms with van der Waals surface area (Å²) in [5.74, 6) is -0.755. The first-order chi connectivity index (χ1) is 15.8. The Hall–Kier alpha value is -1.83. The number of hydrogen-bond acceptors (Lipinski definition) is 4. The third kappa shape index (κ3) is 6.19. The molecule has 0 bridgehead atoms. The summed E-state index contributed by atoms with van der Waals surface area (Å²) in [5.41, 5.74) is 2.69. The molecule has 180 valence electrons. The van der Waals surface area contributed by atoms with Crippen LogP contribution in [0, 0.1) is 19.8 Å². The summed E-state index contributed by atoms with van der Waals surface area (Å²) in [4.78, 5) is 12.5. The summed E-state index contributed by atoms with van der Waals surface area (Å²) in [6.07, 6.45) is 5.03. The first-order valence-electron chi connectivity index (χ1n) is 11.7. The largest absolute Gasteiger partial charge is 0.481 e. The summed E-state index contributed by atoms with van der Waals surface area (Å²) in [6, 6.07) is 14.5. The van der Waals surface area contributed by atoms with E-state index in [0.717, 1.165) is 36.1 Å². The van der Waals surface area contributed by atoms with Crippen LogP contribution in [0.2, 0.25) is 0 Å². The summed E-state index contributed by atoms with van der Waals surface area (Å²) >= 11 is 1.70. The van der Waals surface area contributed by atoms with Crippen molar-refractivity contribution in [2.75, 3.05) is 12.3 Å². The van der Waals surface area contributed by atoms with E-state index in [0.29, 0.717) is 12.0 Å². The van der Waals surface area contributed by atoms with E-state index in [-0.39, 0.29) is 22.7 Å². The van der Waals surface area contributed by atoms with Crippen LogP contribution in [-0.4, -0.2) is 41.3 Å². The molecule has 5 nitrogen and oxygen atoms in total. The molecule has 0 radical (unpaired) electrons. The van der Waals surface area contributed by atoms with Crippen molar-refractivity contribution >= 4 is 27.8 Å². The van der Waals surface area contributed by atoms with Crippen molar-refractivity contribution in [2.45, 2.75) is 69.1 Å². The van der Waals surface area contributed by atoms with Crippen LogP contribution < -0.4 is 0 Å². The lowest BCUT2D eigenvalue weighted by atomic mass is 9.90. The lowest BCUT2D eigenvalue weighted by Gasteiger charge is -2.42. The van der Waals surface area contributed by atoms with E-state index in [9.17, 15) is 18.3 Å². The van der Waals surface area contributed by atoms with Gasteiger partial charge in [0.2, 0.25) is 10.0 Å². The number of sulfonamides is 1. The number of aryl methyl sites for hydroxylation is 2. The van der Waals surface area contributed by atoms with Gasteiger partial charge in [-0.3, -0.25) is 4.79 Å². The lowest BCUT2D eigenvalue weighted by Crippen LogP contribution is -2.49. The molecule has 0 spiro atoms. The van der Waals surface area contributed by atoms with E-state index in [1.807, 2.05) is 37.3 Å². The Bertz CT molecular complexity index is 1040. The normalized spacial score (nSPS) is 21.7. The van der Waals surface area contributed by atoms with Crippen LogP contribution in [0.5, 0.6) is 0 Å². The van der Waals surface area contributed by atoms with Crippen molar-refractivity contribution in [3.63, 3.8) is 0 Å². The number of nitrogens with zero attached hydrogens (tertiary/aromatic N) is 1. The first-order valence-corrected chi connectivity index (χ1v) is 14.2. The van der Waals surface area contributed by atoms with Gasteiger partial charge < -0.3 is 5.11 Å². The average molecular weight is 490 g/mol. The zero-order valence-electron chi connectivity index (χ0n) is 19.7. The van der Waals surface area contributed by atoms with Gasteiger partial charge in [-0.05, 0) is 49.6 Å². The van der Waals surface area contributed by atoms with E-state index in [1.165, 1.54) is 10.7 Å². The fraction of sp³-hybridized carbons (Fsp3) is 0.500. The van der Waals surface area contributed by atoms with Crippen LogP contribution in [0.4, 0.5) is 0 Å². The Morgan fingerprint density at radius 3 is 2.39 bits per heavy atom. The number of piperidine rings is 1. The first kappa shape index (κ1) is 25.8. The summed E-state index contributed by atoms with van der Waals surface area (Å²) in [7, 11) is -3.86. The molecule has 7 heteroatoms. The highest BCUT2D eigenvalue weighted by Crippen LogP contribution is 2.42. The maximum absolute atomic E-state index is 13.8. The van der Waals surface area contributed by atoms with E-state index in [4.69, 9.17) is 0 Å². The molecular formula is C26H35NO4S2. The molecule has 2 aromatic carbocycles. The van der Waals surface area contributed by atoms with Gasteiger partial charge in [-0.1, -0.05) is 74.2 Å². The summed E-state index contributed by atoms with van der Waals surface area (Å²) in [5, 5.41) is 9.89. The number of thioether (sulfide) groups is 1. The topological polar surface area (TPSA) is 74.7 Å². The lowest BCUT2D eigenvalue weighted by molar-refractivity contribution is -0.143. The van der Waals surface area contributed by atoms with Crippen LogP contribution in [-0.2, 0) is 14.8 Å². The number of hydrogen-bond donors (Lipinski definition) is 1.